The molecule has 0 saturated heterocycles. The fraction of sp³-hybridized carbons (Fsp3) is 0.125. The maximum absolute atomic E-state index is 5.24. The average Bonchev–Trinajstić information content (AvgIpc) is 2.94. The first kappa shape index (κ1) is 13.1. The van der Waals surface area contributed by atoms with Crippen molar-refractivity contribution in [2.45, 2.75) is 6.54 Å². The van der Waals surface area contributed by atoms with Crippen LogP contribution < -0.4 is 10.1 Å². The van der Waals surface area contributed by atoms with Crippen molar-refractivity contribution in [1.29, 1.82) is 0 Å². The van der Waals surface area contributed by atoms with Gasteiger partial charge in [0.05, 0.1) is 12.8 Å². The Morgan fingerprint density at radius 3 is 2.90 bits per heavy atom. The SMILES string of the molecule is COc1ccc(Br)c(NCc2ccc3[nH]ccc3c2)c1. The molecule has 1 heterocycles. The summed E-state index contributed by atoms with van der Waals surface area (Å²) in [5, 5.41) is 4.65. The molecule has 1 aromatic heterocycles. The Morgan fingerprint density at radius 1 is 1.15 bits per heavy atom. The fourth-order valence-corrected chi connectivity index (χ4v) is 2.56. The molecule has 3 nitrogen and oxygen atoms in total. The molecule has 0 spiro atoms. The second-order valence-corrected chi connectivity index (χ2v) is 5.45. The summed E-state index contributed by atoms with van der Waals surface area (Å²) in [5.74, 6) is 0.844. The van der Waals surface area contributed by atoms with E-state index in [2.05, 4.69) is 50.5 Å². The van der Waals surface area contributed by atoms with Gasteiger partial charge in [0.2, 0.25) is 0 Å². The number of hydrogen-bond donors (Lipinski definition) is 2. The minimum Gasteiger partial charge on any atom is -0.497 e. The first-order chi connectivity index (χ1) is 9.76. The molecule has 0 radical (unpaired) electrons. The van der Waals surface area contributed by atoms with E-state index in [1.807, 2.05) is 24.4 Å². The lowest BCUT2D eigenvalue weighted by atomic mass is 10.1. The quantitative estimate of drug-likeness (QED) is 0.736. The van der Waals surface area contributed by atoms with Gasteiger partial charge in [0.15, 0.2) is 0 Å². The van der Waals surface area contributed by atoms with Crippen molar-refractivity contribution >= 4 is 32.5 Å². The smallest absolute Gasteiger partial charge is 0.121 e. The van der Waals surface area contributed by atoms with Crippen LogP contribution in [0.5, 0.6) is 5.75 Å². The summed E-state index contributed by atoms with van der Waals surface area (Å²) in [4.78, 5) is 3.20. The van der Waals surface area contributed by atoms with Crippen molar-refractivity contribution in [2.24, 2.45) is 0 Å². The molecule has 20 heavy (non-hydrogen) atoms. The van der Waals surface area contributed by atoms with Crippen molar-refractivity contribution in [1.82, 2.24) is 4.98 Å². The van der Waals surface area contributed by atoms with Crippen molar-refractivity contribution in [3.63, 3.8) is 0 Å². The average molecular weight is 331 g/mol. The van der Waals surface area contributed by atoms with E-state index >= 15 is 0 Å². The van der Waals surface area contributed by atoms with Gasteiger partial charge in [-0.3, -0.25) is 0 Å². The number of H-pyrrole nitrogens is 1. The molecule has 3 aromatic rings. The van der Waals surface area contributed by atoms with Crippen LogP contribution >= 0.6 is 15.9 Å². The summed E-state index contributed by atoms with van der Waals surface area (Å²) in [5.41, 5.74) is 3.43. The molecule has 0 saturated carbocycles. The maximum Gasteiger partial charge on any atom is 0.121 e. The van der Waals surface area contributed by atoms with Crippen LogP contribution in [0.15, 0.2) is 53.1 Å². The Morgan fingerprint density at radius 2 is 2.05 bits per heavy atom. The molecule has 0 atom stereocenters. The van der Waals surface area contributed by atoms with Crippen LogP contribution in [0.1, 0.15) is 5.56 Å². The largest absolute Gasteiger partial charge is 0.497 e. The third-order valence-corrected chi connectivity index (χ3v) is 3.97. The molecule has 0 unspecified atom stereocenters. The highest BCUT2D eigenvalue weighted by Gasteiger charge is 2.03. The van der Waals surface area contributed by atoms with Crippen LogP contribution in [0.25, 0.3) is 10.9 Å². The van der Waals surface area contributed by atoms with Crippen LogP contribution in [0, 0.1) is 0 Å². The van der Waals surface area contributed by atoms with Crippen LogP contribution in [-0.4, -0.2) is 12.1 Å². The Hall–Kier alpha value is -1.94. The normalized spacial score (nSPS) is 10.7. The number of anilines is 1. The molecule has 0 bridgehead atoms. The summed E-state index contributed by atoms with van der Waals surface area (Å²) in [6, 6.07) is 14.4. The second-order valence-electron chi connectivity index (χ2n) is 4.60. The first-order valence-electron chi connectivity index (χ1n) is 6.40. The number of hydrogen-bond acceptors (Lipinski definition) is 2. The third kappa shape index (κ3) is 2.65. The van der Waals surface area contributed by atoms with Gasteiger partial charge in [0.1, 0.15) is 5.75 Å². The zero-order valence-corrected chi connectivity index (χ0v) is 12.7. The van der Waals surface area contributed by atoms with E-state index in [0.29, 0.717) is 0 Å². The Balaban J connectivity index is 1.78. The Kier molecular flexibility index (Phi) is 3.65. The highest BCUT2D eigenvalue weighted by atomic mass is 79.9. The molecule has 0 aliphatic heterocycles. The van der Waals surface area contributed by atoms with E-state index in [1.54, 1.807) is 7.11 Å². The van der Waals surface area contributed by atoms with Crippen LogP contribution in [0.4, 0.5) is 5.69 Å². The molecule has 2 N–H and O–H groups in total. The summed E-state index contributed by atoms with van der Waals surface area (Å²) in [7, 11) is 1.67. The standard InChI is InChI=1S/C16H15BrN2O/c1-20-13-3-4-14(17)16(9-13)19-10-11-2-5-15-12(8-11)6-7-18-15/h2-9,18-19H,10H2,1H3. The van der Waals surface area contributed by atoms with Gasteiger partial charge in [-0.2, -0.15) is 0 Å². The van der Waals surface area contributed by atoms with E-state index in [-0.39, 0.29) is 0 Å². The second kappa shape index (κ2) is 5.59. The predicted molar refractivity (Wildman–Crippen MR) is 86.3 cm³/mol. The molecular weight excluding hydrogens is 316 g/mol. The number of aromatic amines is 1. The number of rotatable bonds is 4. The van der Waals surface area contributed by atoms with Gasteiger partial charge in [-0.25, -0.2) is 0 Å². The van der Waals surface area contributed by atoms with Crippen LogP contribution in [0.3, 0.4) is 0 Å². The minimum absolute atomic E-state index is 0.771. The third-order valence-electron chi connectivity index (χ3n) is 3.27. The zero-order chi connectivity index (χ0) is 13.9. The summed E-state index contributed by atoms with van der Waals surface area (Å²) >= 11 is 3.54. The monoisotopic (exact) mass is 330 g/mol. The van der Waals surface area contributed by atoms with Gasteiger partial charge in [-0.1, -0.05) is 6.07 Å². The molecule has 4 heteroatoms. The van der Waals surface area contributed by atoms with Gasteiger partial charge in [-0.15, -0.1) is 0 Å². The molecule has 102 valence electrons. The maximum atomic E-state index is 5.24. The number of methoxy groups -OCH3 is 1. The van der Waals surface area contributed by atoms with Gasteiger partial charge >= 0.3 is 0 Å². The number of aromatic nitrogens is 1. The number of benzene rings is 2. The molecular formula is C16H15BrN2O. The van der Waals surface area contributed by atoms with Gasteiger partial charge in [0.25, 0.3) is 0 Å². The van der Waals surface area contributed by atoms with Gasteiger partial charge < -0.3 is 15.0 Å². The molecule has 3 rings (SSSR count). The van der Waals surface area contributed by atoms with E-state index in [0.717, 1.165) is 28.0 Å². The summed E-state index contributed by atoms with van der Waals surface area (Å²) < 4.78 is 6.27. The summed E-state index contributed by atoms with van der Waals surface area (Å²) in [6.45, 7) is 0.771. The van der Waals surface area contributed by atoms with Crippen LogP contribution in [0.2, 0.25) is 0 Å². The number of nitrogens with one attached hydrogen (secondary N) is 2. The minimum atomic E-state index is 0.771. The lowest BCUT2D eigenvalue weighted by Crippen LogP contribution is -2.00. The van der Waals surface area contributed by atoms with Crippen molar-refractivity contribution in [3.05, 3.63) is 58.7 Å². The highest BCUT2D eigenvalue weighted by Crippen LogP contribution is 2.27. The van der Waals surface area contributed by atoms with Crippen molar-refractivity contribution in [3.8, 4) is 5.75 Å². The topological polar surface area (TPSA) is 37.0 Å². The van der Waals surface area contributed by atoms with E-state index in [4.69, 9.17) is 4.74 Å². The fourth-order valence-electron chi connectivity index (χ4n) is 2.18. The first-order valence-corrected chi connectivity index (χ1v) is 7.19. The van der Waals surface area contributed by atoms with Crippen LogP contribution in [-0.2, 0) is 6.54 Å². The molecule has 0 amide bonds. The zero-order valence-electron chi connectivity index (χ0n) is 11.1. The Labute approximate surface area is 126 Å². The van der Waals surface area contributed by atoms with Crippen molar-refractivity contribution < 1.29 is 4.74 Å². The molecule has 0 aliphatic rings. The molecule has 2 aromatic carbocycles. The van der Waals surface area contributed by atoms with E-state index in [1.165, 1.54) is 10.9 Å². The predicted octanol–water partition coefficient (Wildman–Crippen LogP) is 4.55. The van der Waals surface area contributed by atoms with Gasteiger partial charge in [0, 0.05) is 28.8 Å². The van der Waals surface area contributed by atoms with Gasteiger partial charge in [-0.05, 0) is 57.2 Å². The number of ether oxygens (including phenoxy) is 1. The molecule has 0 aliphatic carbocycles. The summed E-state index contributed by atoms with van der Waals surface area (Å²) in [6.07, 6.45) is 1.96. The Bertz CT molecular complexity index is 736. The molecule has 0 fully saturated rings. The highest BCUT2D eigenvalue weighted by molar-refractivity contribution is 9.10. The lowest BCUT2D eigenvalue weighted by molar-refractivity contribution is 0.415. The van der Waals surface area contributed by atoms with E-state index in [9.17, 15) is 0 Å². The number of fused-ring (bicyclic) bond motifs is 1. The van der Waals surface area contributed by atoms with Crippen molar-refractivity contribution in [2.75, 3.05) is 12.4 Å². The lowest BCUT2D eigenvalue weighted by Gasteiger charge is -2.10. The van der Waals surface area contributed by atoms with E-state index < -0.39 is 0 Å². The number of halogens is 1.